The SMILES string of the molecule is CC(C)CC(N)c1cncn1C1CCOCC1. The lowest BCUT2D eigenvalue weighted by molar-refractivity contribution is 0.0685. The van der Waals surface area contributed by atoms with Crippen LogP contribution in [-0.2, 0) is 4.74 Å². The molecular formula is C13H23N3O. The fraction of sp³-hybridized carbons (Fsp3) is 0.769. The van der Waals surface area contributed by atoms with Crippen molar-refractivity contribution < 1.29 is 4.74 Å². The molecule has 1 aromatic heterocycles. The van der Waals surface area contributed by atoms with Gasteiger partial charge in [0, 0.05) is 31.5 Å². The number of rotatable bonds is 4. The van der Waals surface area contributed by atoms with Crippen molar-refractivity contribution in [3.8, 4) is 0 Å². The van der Waals surface area contributed by atoms with Gasteiger partial charge in [0.25, 0.3) is 0 Å². The number of hydrogen-bond donors (Lipinski definition) is 1. The van der Waals surface area contributed by atoms with Crippen LogP contribution in [0.15, 0.2) is 12.5 Å². The highest BCUT2D eigenvalue weighted by Crippen LogP contribution is 2.26. The van der Waals surface area contributed by atoms with E-state index in [1.165, 1.54) is 5.69 Å². The van der Waals surface area contributed by atoms with E-state index < -0.39 is 0 Å². The first-order chi connectivity index (χ1) is 8.18. The van der Waals surface area contributed by atoms with Gasteiger partial charge in [0.05, 0.1) is 12.0 Å². The van der Waals surface area contributed by atoms with E-state index in [0.29, 0.717) is 12.0 Å². The smallest absolute Gasteiger partial charge is 0.0951 e. The molecule has 1 saturated heterocycles. The van der Waals surface area contributed by atoms with E-state index in [0.717, 1.165) is 32.5 Å². The summed E-state index contributed by atoms with van der Waals surface area (Å²) in [7, 11) is 0. The molecule has 0 saturated carbocycles. The van der Waals surface area contributed by atoms with E-state index in [4.69, 9.17) is 10.5 Å². The van der Waals surface area contributed by atoms with Crippen molar-refractivity contribution >= 4 is 0 Å². The lowest BCUT2D eigenvalue weighted by atomic mass is 10.0. The van der Waals surface area contributed by atoms with Gasteiger partial charge in [-0.1, -0.05) is 13.8 Å². The predicted octanol–water partition coefficient (Wildman–Crippen LogP) is 2.28. The third kappa shape index (κ3) is 3.07. The second-order valence-corrected chi connectivity index (χ2v) is 5.31. The topological polar surface area (TPSA) is 53.1 Å². The Kier molecular flexibility index (Phi) is 4.18. The minimum absolute atomic E-state index is 0.0975. The Morgan fingerprint density at radius 3 is 2.82 bits per heavy atom. The van der Waals surface area contributed by atoms with Crippen molar-refractivity contribution in [1.29, 1.82) is 0 Å². The highest BCUT2D eigenvalue weighted by Gasteiger charge is 2.21. The van der Waals surface area contributed by atoms with E-state index in [-0.39, 0.29) is 6.04 Å². The number of aromatic nitrogens is 2. The molecule has 2 rings (SSSR count). The van der Waals surface area contributed by atoms with Crippen LogP contribution in [0.5, 0.6) is 0 Å². The molecule has 0 aliphatic carbocycles. The molecule has 1 aliphatic rings. The third-order valence-corrected chi connectivity index (χ3v) is 3.39. The van der Waals surface area contributed by atoms with Crippen LogP contribution in [0.4, 0.5) is 0 Å². The van der Waals surface area contributed by atoms with Gasteiger partial charge in [-0.15, -0.1) is 0 Å². The number of nitrogens with zero attached hydrogens (tertiary/aromatic N) is 2. The summed E-state index contributed by atoms with van der Waals surface area (Å²) in [6.07, 6.45) is 6.98. The molecule has 96 valence electrons. The first kappa shape index (κ1) is 12.6. The lowest BCUT2D eigenvalue weighted by Gasteiger charge is -2.27. The van der Waals surface area contributed by atoms with E-state index in [9.17, 15) is 0 Å². The van der Waals surface area contributed by atoms with E-state index in [1.807, 2.05) is 12.5 Å². The summed E-state index contributed by atoms with van der Waals surface area (Å²) in [6, 6.07) is 0.611. The Morgan fingerprint density at radius 2 is 2.18 bits per heavy atom. The molecule has 0 spiro atoms. The molecule has 0 amide bonds. The summed E-state index contributed by atoms with van der Waals surface area (Å²) < 4.78 is 7.66. The van der Waals surface area contributed by atoms with Crippen LogP contribution in [-0.4, -0.2) is 22.8 Å². The highest BCUT2D eigenvalue weighted by atomic mass is 16.5. The van der Waals surface area contributed by atoms with Crippen LogP contribution < -0.4 is 5.73 Å². The molecule has 1 aliphatic heterocycles. The maximum Gasteiger partial charge on any atom is 0.0951 e. The third-order valence-electron chi connectivity index (χ3n) is 3.39. The Hall–Kier alpha value is -0.870. The first-order valence-corrected chi connectivity index (χ1v) is 6.53. The quantitative estimate of drug-likeness (QED) is 0.874. The van der Waals surface area contributed by atoms with Crippen LogP contribution >= 0.6 is 0 Å². The van der Waals surface area contributed by atoms with E-state index >= 15 is 0 Å². The zero-order valence-electron chi connectivity index (χ0n) is 10.8. The number of ether oxygens (including phenoxy) is 1. The summed E-state index contributed by atoms with van der Waals surface area (Å²) in [5.41, 5.74) is 7.43. The monoisotopic (exact) mass is 237 g/mol. The van der Waals surface area contributed by atoms with Crippen LogP contribution in [0.1, 0.15) is 50.9 Å². The summed E-state index contributed by atoms with van der Waals surface area (Å²) in [5, 5.41) is 0. The van der Waals surface area contributed by atoms with Gasteiger partial charge in [0.2, 0.25) is 0 Å². The van der Waals surface area contributed by atoms with Crippen molar-refractivity contribution in [2.75, 3.05) is 13.2 Å². The maximum absolute atomic E-state index is 6.26. The Labute approximate surface area is 103 Å². The molecule has 0 aromatic carbocycles. The summed E-state index contributed by atoms with van der Waals surface area (Å²) in [6.45, 7) is 6.10. The molecule has 17 heavy (non-hydrogen) atoms. The molecule has 2 heterocycles. The van der Waals surface area contributed by atoms with Crippen molar-refractivity contribution in [1.82, 2.24) is 9.55 Å². The van der Waals surface area contributed by atoms with E-state index in [1.54, 1.807) is 0 Å². The Morgan fingerprint density at radius 1 is 1.47 bits per heavy atom. The van der Waals surface area contributed by atoms with Gasteiger partial charge in [0.15, 0.2) is 0 Å². The van der Waals surface area contributed by atoms with Crippen LogP contribution in [0.25, 0.3) is 0 Å². The van der Waals surface area contributed by atoms with Crippen molar-refractivity contribution in [2.45, 2.75) is 45.2 Å². The molecule has 1 unspecified atom stereocenters. The summed E-state index contributed by atoms with van der Waals surface area (Å²) >= 11 is 0. The fourth-order valence-corrected chi connectivity index (χ4v) is 2.50. The highest BCUT2D eigenvalue weighted by molar-refractivity contribution is 5.06. The number of nitrogens with two attached hydrogens (primary N) is 1. The zero-order chi connectivity index (χ0) is 12.3. The average molecular weight is 237 g/mol. The first-order valence-electron chi connectivity index (χ1n) is 6.53. The standard InChI is InChI=1S/C13H23N3O/c1-10(2)7-12(14)13-8-15-9-16(13)11-3-5-17-6-4-11/h8-12H,3-7,14H2,1-2H3. The van der Waals surface area contributed by atoms with Gasteiger partial charge in [-0.05, 0) is 25.2 Å². The Balaban J connectivity index is 2.09. The number of hydrogen-bond acceptors (Lipinski definition) is 3. The lowest BCUT2D eigenvalue weighted by Crippen LogP contribution is -2.24. The van der Waals surface area contributed by atoms with Crippen molar-refractivity contribution in [3.05, 3.63) is 18.2 Å². The van der Waals surface area contributed by atoms with Crippen LogP contribution in [0.2, 0.25) is 0 Å². The second kappa shape index (κ2) is 5.65. The van der Waals surface area contributed by atoms with Gasteiger partial charge in [-0.2, -0.15) is 0 Å². The predicted molar refractivity (Wildman–Crippen MR) is 67.7 cm³/mol. The van der Waals surface area contributed by atoms with Gasteiger partial charge in [-0.25, -0.2) is 4.98 Å². The summed E-state index contributed by atoms with van der Waals surface area (Å²) in [5.74, 6) is 0.614. The minimum Gasteiger partial charge on any atom is -0.381 e. The second-order valence-electron chi connectivity index (χ2n) is 5.31. The van der Waals surface area contributed by atoms with Gasteiger partial charge in [-0.3, -0.25) is 0 Å². The minimum atomic E-state index is 0.0975. The molecule has 2 N–H and O–H groups in total. The van der Waals surface area contributed by atoms with E-state index in [2.05, 4.69) is 23.4 Å². The fourth-order valence-electron chi connectivity index (χ4n) is 2.50. The largest absolute Gasteiger partial charge is 0.381 e. The van der Waals surface area contributed by atoms with Crippen molar-refractivity contribution in [3.63, 3.8) is 0 Å². The normalized spacial score (nSPS) is 19.8. The van der Waals surface area contributed by atoms with Gasteiger partial charge in [0.1, 0.15) is 0 Å². The molecule has 1 atom stereocenters. The molecular weight excluding hydrogens is 214 g/mol. The van der Waals surface area contributed by atoms with Crippen LogP contribution in [0, 0.1) is 5.92 Å². The van der Waals surface area contributed by atoms with Gasteiger partial charge < -0.3 is 15.0 Å². The maximum atomic E-state index is 6.26. The van der Waals surface area contributed by atoms with Crippen LogP contribution in [0.3, 0.4) is 0 Å². The van der Waals surface area contributed by atoms with Crippen molar-refractivity contribution in [2.24, 2.45) is 11.7 Å². The Bertz CT molecular complexity index is 342. The zero-order valence-corrected chi connectivity index (χ0v) is 10.8. The molecule has 0 bridgehead atoms. The summed E-state index contributed by atoms with van der Waals surface area (Å²) in [4.78, 5) is 4.27. The molecule has 4 heteroatoms. The molecule has 0 radical (unpaired) electrons. The molecule has 1 fully saturated rings. The average Bonchev–Trinajstić information content (AvgIpc) is 2.78. The van der Waals surface area contributed by atoms with Gasteiger partial charge >= 0.3 is 0 Å². The molecule has 1 aromatic rings. The number of imidazole rings is 1. The molecule has 4 nitrogen and oxygen atoms in total.